The fourth-order valence-electron chi connectivity index (χ4n) is 2.00. The second kappa shape index (κ2) is 5.19. The highest BCUT2D eigenvalue weighted by Gasteiger charge is 2.04. The summed E-state index contributed by atoms with van der Waals surface area (Å²) >= 11 is 0. The molecule has 0 aliphatic rings. The maximum absolute atomic E-state index is 3.25. The zero-order valence-corrected chi connectivity index (χ0v) is 10.8. The predicted molar refractivity (Wildman–Crippen MR) is 72.2 cm³/mol. The van der Waals surface area contributed by atoms with Gasteiger partial charge in [-0.1, -0.05) is 29.8 Å². The van der Waals surface area contributed by atoms with E-state index in [-0.39, 0.29) is 0 Å². The molecule has 2 nitrogen and oxygen atoms in total. The van der Waals surface area contributed by atoms with Gasteiger partial charge in [-0.2, -0.15) is 0 Å². The minimum absolute atomic E-state index is 0.411. The molecular formula is C15H20N2. The van der Waals surface area contributed by atoms with Gasteiger partial charge in [-0.25, -0.2) is 0 Å². The van der Waals surface area contributed by atoms with E-state index in [1.165, 1.54) is 16.7 Å². The third-order valence-electron chi connectivity index (χ3n) is 3.15. The zero-order chi connectivity index (χ0) is 12.3. The van der Waals surface area contributed by atoms with E-state index in [0.29, 0.717) is 6.04 Å². The van der Waals surface area contributed by atoms with Crippen molar-refractivity contribution in [1.82, 2.24) is 9.88 Å². The number of benzene rings is 1. The van der Waals surface area contributed by atoms with Crippen LogP contribution in [0.5, 0.6) is 0 Å². The lowest BCUT2D eigenvalue weighted by atomic mass is 10.1. The SMILES string of the molecule is CNC(C)c1ccn(Cc2cccc(C)c2)c1. The van der Waals surface area contributed by atoms with Crippen LogP contribution in [-0.2, 0) is 6.54 Å². The van der Waals surface area contributed by atoms with Crippen molar-refractivity contribution in [3.63, 3.8) is 0 Å². The van der Waals surface area contributed by atoms with Crippen LogP contribution in [-0.4, -0.2) is 11.6 Å². The molecule has 17 heavy (non-hydrogen) atoms. The fourth-order valence-corrected chi connectivity index (χ4v) is 2.00. The van der Waals surface area contributed by atoms with E-state index in [4.69, 9.17) is 0 Å². The van der Waals surface area contributed by atoms with E-state index in [2.05, 4.69) is 66.5 Å². The van der Waals surface area contributed by atoms with Crippen LogP contribution in [0.25, 0.3) is 0 Å². The number of nitrogens with one attached hydrogen (secondary N) is 1. The summed E-state index contributed by atoms with van der Waals surface area (Å²) in [6, 6.07) is 11.2. The third-order valence-corrected chi connectivity index (χ3v) is 3.15. The molecule has 2 heteroatoms. The quantitative estimate of drug-likeness (QED) is 0.850. The summed E-state index contributed by atoms with van der Waals surface area (Å²) in [6.07, 6.45) is 4.36. The third kappa shape index (κ3) is 2.98. The molecular weight excluding hydrogens is 208 g/mol. The second-order valence-electron chi connectivity index (χ2n) is 4.62. The molecule has 1 aromatic carbocycles. The van der Waals surface area contributed by atoms with Crippen LogP contribution in [0.4, 0.5) is 0 Å². The smallest absolute Gasteiger partial charge is 0.0470 e. The highest BCUT2D eigenvalue weighted by atomic mass is 14.9. The van der Waals surface area contributed by atoms with Gasteiger partial charge in [0, 0.05) is 25.0 Å². The Labute approximate surface area is 103 Å². The Hall–Kier alpha value is -1.54. The molecule has 0 bridgehead atoms. The Balaban J connectivity index is 2.11. The van der Waals surface area contributed by atoms with Crippen molar-refractivity contribution in [2.24, 2.45) is 0 Å². The first-order chi connectivity index (χ1) is 8.19. The molecule has 1 aromatic heterocycles. The van der Waals surface area contributed by atoms with Crippen molar-refractivity contribution >= 4 is 0 Å². The van der Waals surface area contributed by atoms with Crippen molar-refractivity contribution in [3.8, 4) is 0 Å². The summed E-state index contributed by atoms with van der Waals surface area (Å²) in [4.78, 5) is 0. The molecule has 1 N–H and O–H groups in total. The molecule has 0 fully saturated rings. The normalized spacial score (nSPS) is 12.6. The Bertz CT molecular complexity index is 485. The first-order valence-corrected chi connectivity index (χ1v) is 6.07. The number of hydrogen-bond donors (Lipinski definition) is 1. The van der Waals surface area contributed by atoms with Crippen LogP contribution in [0.2, 0.25) is 0 Å². The standard InChI is InChI=1S/C15H20N2/c1-12-5-4-6-14(9-12)10-17-8-7-15(11-17)13(2)16-3/h4-9,11,13,16H,10H2,1-3H3. The molecule has 1 atom stereocenters. The molecule has 2 rings (SSSR count). The predicted octanol–water partition coefficient (Wildman–Crippen LogP) is 3.13. The van der Waals surface area contributed by atoms with Crippen LogP contribution in [0.1, 0.15) is 29.7 Å². The van der Waals surface area contributed by atoms with Crippen LogP contribution in [0, 0.1) is 6.92 Å². The molecule has 0 amide bonds. The van der Waals surface area contributed by atoms with Crippen molar-refractivity contribution in [3.05, 3.63) is 59.4 Å². The largest absolute Gasteiger partial charge is 0.350 e. The molecule has 1 heterocycles. The average Bonchev–Trinajstić information content (AvgIpc) is 2.76. The lowest BCUT2D eigenvalue weighted by Crippen LogP contribution is -2.11. The number of hydrogen-bond acceptors (Lipinski definition) is 1. The maximum atomic E-state index is 3.25. The first kappa shape index (κ1) is 11.9. The zero-order valence-electron chi connectivity index (χ0n) is 10.8. The van der Waals surface area contributed by atoms with Gasteiger partial charge in [0.25, 0.3) is 0 Å². The number of aryl methyl sites for hydroxylation is 1. The van der Waals surface area contributed by atoms with E-state index in [9.17, 15) is 0 Å². The summed E-state index contributed by atoms with van der Waals surface area (Å²) in [7, 11) is 1.99. The number of rotatable bonds is 4. The van der Waals surface area contributed by atoms with Gasteiger partial charge in [-0.3, -0.25) is 0 Å². The lowest BCUT2D eigenvalue weighted by molar-refractivity contribution is 0.649. The van der Waals surface area contributed by atoms with Gasteiger partial charge >= 0.3 is 0 Å². The molecule has 1 unspecified atom stereocenters. The summed E-state index contributed by atoms with van der Waals surface area (Å²) in [5.74, 6) is 0. The van der Waals surface area contributed by atoms with Crippen molar-refractivity contribution < 1.29 is 0 Å². The Morgan fingerprint density at radius 3 is 2.82 bits per heavy atom. The summed E-state index contributed by atoms with van der Waals surface area (Å²) < 4.78 is 2.23. The highest BCUT2D eigenvalue weighted by Crippen LogP contribution is 2.13. The fraction of sp³-hybridized carbons (Fsp3) is 0.333. The van der Waals surface area contributed by atoms with Gasteiger partial charge in [0.1, 0.15) is 0 Å². The van der Waals surface area contributed by atoms with E-state index < -0.39 is 0 Å². The van der Waals surface area contributed by atoms with Crippen molar-refractivity contribution in [1.29, 1.82) is 0 Å². The van der Waals surface area contributed by atoms with Gasteiger partial charge in [0.15, 0.2) is 0 Å². The molecule has 0 aliphatic carbocycles. The van der Waals surface area contributed by atoms with E-state index >= 15 is 0 Å². The lowest BCUT2D eigenvalue weighted by Gasteiger charge is -2.07. The minimum atomic E-state index is 0.411. The topological polar surface area (TPSA) is 17.0 Å². The van der Waals surface area contributed by atoms with Crippen molar-refractivity contribution in [2.45, 2.75) is 26.4 Å². The molecule has 0 saturated carbocycles. The molecule has 2 aromatic rings. The second-order valence-corrected chi connectivity index (χ2v) is 4.62. The van der Waals surface area contributed by atoms with Crippen LogP contribution < -0.4 is 5.32 Å². The number of nitrogens with zero attached hydrogens (tertiary/aromatic N) is 1. The van der Waals surface area contributed by atoms with E-state index in [1.54, 1.807) is 0 Å². The van der Waals surface area contributed by atoms with E-state index in [0.717, 1.165) is 6.54 Å². The minimum Gasteiger partial charge on any atom is -0.350 e. The Kier molecular flexibility index (Phi) is 3.64. The van der Waals surface area contributed by atoms with Crippen LogP contribution >= 0.6 is 0 Å². The van der Waals surface area contributed by atoms with Crippen LogP contribution in [0.15, 0.2) is 42.7 Å². The van der Waals surface area contributed by atoms with Crippen molar-refractivity contribution in [2.75, 3.05) is 7.05 Å². The monoisotopic (exact) mass is 228 g/mol. The molecule has 0 saturated heterocycles. The van der Waals surface area contributed by atoms with E-state index in [1.807, 2.05) is 7.05 Å². The summed E-state index contributed by atoms with van der Waals surface area (Å²) in [5.41, 5.74) is 4.00. The van der Waals surface area contributed by atoms with Gasteiger partial charge in [0.2, 0.25) is 0 Å². The Morgan fingerprint density at radius 1 is 1.29 bits per heavy atom. The van der Waals surface area contributed by atoms with Gasteiger partial charge in [-0.05, 0) is 38.1 Å². The molecule has 0 aliphatic heterocycles. The number of aromatic nitrogens is 1. The molecule has 0 radical (unpaired) electrons. The van der Waals surface area contributed by atoms with Gasteiger partial charge in [-0.15, -0.1) is 0 Å². The van der Waals surface area contributed by atoms with Gasteiger partial charge < -0.3 is 9.88 Å². The van der Waals surface area contributed by atoms with Crippen LogP contribution in [0.3, 0.4) is 0 Å². The molecule has 90 valence electrons. The maximum Gasteiger partial charge on any atom is 0.0470 e. The highest BCUT2D eigenvalue weighted by molar-refractivity contribution is 5.23. The average molecular weight is 228 g/mol. The molecule has 0 spiro atoms. The Morgan fingerprint density at radius 2 is 2.12 bits per heavy atom. The van der Waals surface area contributed by atoms with Gasteiger partial charge in [0.05, 0.1) is 0 Å². The summed E-state index contributed by atoms with van der Waals surface area (Å²) in [5, 5.41) is 3.25. The summed E-state index contributed by atoms with van der Waals surface area (Å²) in [6.45, 7) is 5.25. The first-order valence-electron chi connectivity index (χ1n) is 6.07.